The fraction of sp³-hybridized carbons (Fsp3) is 0. The Kier molecular flexibility index (Phi) is 8.69. The van der Waals surface area contributed by atoms with E-state index in [-0.39, 0.29) is 0 Å². The Bertz CT molecular complexity index is 3850. The van der Waals surface area contributed by atoms with Gasteiger partial charge in [0.15, 0.2) is 0 Å². The molecule has 14 rings (SSSR count). The molecule has 14 aromatic carbocycles. The van der Waals surface area contributed by atoms with Crippen LogP contribution < -0.4 is 0 Å². The van der Waals surface area contributed by atoms with E-state index in [1.165, 1.54) is 142 Å². The lowest BCUT2D eigenvalue weighted by atomic mass is 9.85. The van der Waals surface area contributed by atoms with Crippen LogP contribution in [0.1, 0.15) is 0 Å². The van der Waals surface area contributed by atoms with Crippen LogP contribution >= 0.6 is 0 Å². The summed E-state index contributed by atoms with van der Waals surface area (Å²) in [6.45, 7) is 0. The molecule has 0 radical (unpaired) electrons. The first-order chi connectivity index (χ1) is 33.6. The molecule has 314 valence electrons. The zero-order valence-corrected chi connectivity index (χ0v) is 37.2. The van der Waals surface area contributed by atoms with Crippen LogP contribution in [0, 0.1) is 0 Å². The molecule has 0 heterocycles. The summed E-state index contributed by atoms with van der Waals surface area (Å²) >= 11 is 0. The minimum atomic E-state index is 1.21. The minimum Gasteiger partial charge on any atom is -0.0616 e. The van der Waals surface area contributed by atoms with Gasteiger partial charge in [0.2, 0.25) is 0 Å². The third-order valence-corrected chi connectivity index (χ3v) is 14.5. The SMILES string of the molecule is c1ccc2cc(-c3cc(-c4ccc5ccccc5c4)cc(-c4ccc5ccc6c(-c7cc(-c8ccc9ccccc9c8)cc(-c8ccc9ccccc9c8)c7)ccc7ccc4c5c76)c3)ccc2c1. The van der Waals surface area contributed by atoms with Crippen LogP contribution in [0.25, 0.3) is 142 Å². The van der Waals surface area contributed by atoms with Gasteiger partial charge >= 0.3 is 0 Å². The van der Waals surface area contributed by atoms with Gasteiger partial charge in [0.1, 0.15) is 0 Å². The van der Waals surface area contributed by atoms with Gasteiger partial charge < -0.3 is 0 Å². The molecule has 0 aliphatic heterocycles. The van der Waals surface area contributed by atoms with Gasteiger partial charge in [0.25, 0.3) is 0 Å². The van der Waals surface area contributed by atoms with Crippen LogP contribution in [0.15, 0.2) is 255 Å². The van der Waals surface area contributed by atoms with E-state index in [2.05, 4.69) is 255 Å². The zero-order valence-electron chi connectivity index (χ0n) is 37.2. The molecule has 68 heavy (non-hydrogen) atoms. The summed E-state index contributed by atoms with van der Waals surface area (Å²) in [5.41, 5.74) is 14.6. The molecular weight excluding hydrogens is 817 g/mol. The van der Waals surface area contributed by atoms with Crippen molar-refractivity contribution in [2.45, 2.75) is 0 Å². The smallest absolute Gasteiger partial charge is 0.00203 e. The number of benzene rings is 14. The van der Waals surface area contributed by atoms with Crippen LogP contribution in [0.3, 0.4) is 0 Å². The Morgan fingerprint density at radius 3 is 0.706 bits per heavy atom. The maximum atomic E-state index is 2.40. The van der Waals surface area contributed by atoms with Crippen molar-refractivity contribution in [1.29, 1.82) is 0 Å². The maximum Gasteiger partial charge on any atom is -0.00203 e. The largest absolute Gasteiger partial charge is 0.0616 e. The second-order valence-corrected chi connectivity index (χ2v) is 18.5. The molecule has 0 saturated carbocycles. The molecule has 0 atom stereocenters. The summed E-state index contributed by atoms with van der Waals surface area (Å²) < 4.78 is 0. The van der Waals surface area contributed by atoms with Crippen molar-refractivity contribution in [3.8, 4) is 66.8 Å². The zero-order chi connectivity index (χ0) is 44.7. The first-order valence-corrected chi connectivity index (χ1v) is 23.6. The van der Waals surface area contributed by atoms with Gasteiger partial charge in [-0.15, -0.1) is 0 Å². The Morgan fingerprint density at radius 2 is 0.397 bits per heavy atom. The summed E-state index contributed by atoms with van der Waals surface area (Å²) in [6, 6.07) is 95.2. The number of hydrogen-bond donors (Lipinski definition) is 0. The monoisotopic (exact) mass is 858 g/mol. The predicted octanol–water partition coefficient (Wildman–Crippen LogP) is 19.2. The van der Waals surface area contributed by atoms with Crippen LogP contribution in [0.5, 0.6) is 0 Å². The highest BCUT2D eigenvalue weighted by Crippen LogP contribution is 2.45. The molecule has 14 aromatic rings. The van der Waals surface area contributed by atoms with E-state index in [1.807, 2.05) is 0 Å². The van der Waals surface area contributed by atoms with Crippen molar-refractivity contribution >= 4 is 75.4 Å². The lowest BCUT2D eigenvalue weighted by Crippen LogP contribution is -1.92. The van der Waals surface area contributed by atoms with Crippen LogP contribution in [-0.4, -0.2) is 0 Å². The van der Waals surface area contributed by atoms with Gasteiger partial charge in [-0.05, 0) is 203 Å². The van der Waals surface area contributed by atoms with Gasteiger partial charge in [-0.1, -0.05) is 194 Å². The van der Waals surface area contributed by atoms with E-state index in [4.69, 9.17) is 0 Å². The van der Waals surface area contributed by atoms with E-state index in [1.54, 1.807) is 0 Å². The maximum absolute atomic E-state index is 2.40. The summed E-state index contributed by atoms with van der Waals surface area (Å²) in [4.78, 5) is 0. The van der Waals surface area contributed by atoms with E-state index < -0.39 is 0 Å². The fourth-order valence-corrected chi connectivity index (χ4v) is 11.0. The van der Waals surface area contributed by atoms with Gasteiger partial charge in [0.05, 0.1) is 0 Å². The summed E-state index contributed by atoms with van der Waals surface area (Å²) in [6.07, 6.45) is 0. The fourth-order valence-electron chi connectivity index (χ4n) is 11.0. The normalized spacial score (nSPS) is 11.8. The summed E-state index contributed by atoms with van der Waals surface area (Å²) in [7, 11) is 0. The standard InChI is InChI=1S/C68H42/c1-5-13-49-33-53(21-17-43(49)9-1)57-37-58(54-22-18-44-10-2-6-14-50(44)34-54)40-61(39-57)63-29-25-47-28-32-66-64(30-26-48-27-31-65(63)67(47)68(48)66)62-41-59(55-23-19-45-11-3-7-15-51(45)35-55)38-60(42-62)56-24-20-46-12-4-8-16-52(46)36-56/h1-42H. The minimum absolute atomic E-state index is 1.21. The lowest BCUT2D eigenvalue weighted by molar-refractivity contribution is 1.59. The van der Waals surface area contributed by atoms with E-state index >= 15 is 0 Å². The molecule has 0 amide bonds. The Labute approximate surface area is 395 Å². The summed E-state index contributed by atoms with van der Waals surface area (Å²) in [5, 5.41) is 17.6. The second kappa shape index (κ2) is 15.4. The molecule has 0 spiro atoms. The topological polar surface area (TPSA) is 0 Å². The van der Waals surface area contributed by atoms with Crippen molar-refractivity contribution in [1.82, 2.24) is 0 Å². The predicted molar refractivity (Wildman–Crippen MR) is 293 cm³/mol. The molecular formula is C68H42. The van der Waals surface area contributed by atoms with Crippen LogP contribution in [0.2, 0.25) is 0 Å². The van der Waals surface area contributed by atoms with Crippen LogP contribution in [0.4, 0.5) is 0 Å². The second-order valence-electron chi connectivity index (χ2n) is 18.5. The molecule has 0 bridgehead atoms. The molecule has 0 aliphatic carbocycles. The molecule has 0 unspecified atom stereocenters. The molecule has 0 aromatic heterocycles. The van der Waals surface area contributed by atoms with Gasteiger partial charge in [-0.25, -0.2) is 0 Å². The molecule has 0 nitrogen and oxygen atoms in total. The highest BCUT2D eigenvalue weighted by atomic mass is 14.2. The van der Waals surface area contributed by atoms with Gasteiger partial charge in [0, 0.05) is 0 Å². The highest BCUT2D eigenvalue weighted by Gasteiger charge is 2.18. The molecule has 0 saturated heterocycles. The van der Waals surface area contributed by atoms with Crippen molar-refractivity contribution in [2.75, 3.05) is 0 Å². The van der Waals surface area contributed by atoms with E-state index in [0.717, 1.165) is 0 Å². The highest BCUT2D eigenvalue weighted by molar-refractivity contribution is 6.27. The Morgan fingerprint density at radius 1 is 0.147 bits per heavy atom. The molecule has 0 fully saturated rings. The molecule has 0 N–H and O–H groups in total. The van der Waals surface area contributed by atoms with E-state index in [9.17, 15) is 0 Å². The third-order valence-electron chi connectivity index (χ3n) is 14.5. The Balaban J connectivity index is 0.972. The Hall–Kier alpha value is -8.84. The average molecular weight is 859 g/mol. The van der Waals surface area contributed by atoms with Crippen LogP contribution in [-0.2, 0) is 0 Å². The van der Waals surface area contributed by atoms with E-state index in [0.29, 0.717) is 0 Å². The van der Waals surface area contributed by atoms with Crippen molar-refractivity contribution in [2.24, 2.45) is 0 Å². The first-order valence-electron chi connectivity index (χ1n) is 23.6. The lowest BCUT2D eigenvalue weighted by Gasteiger charge is -2.18. The third kappa shape index (κ3) is 6.45. The number of rotatable bonds is 6. The van der Waals surface area contributed by atoms with Crippen molar-refractivity contribution in [3.63, 3.8) is 0 Å². The van der Waals surface area contributed by atoms with Crippen molar-refractivity contribution in [3.05, 3.63) is 255 Å². The first kappa shape index (κ1) is 38.4. The molecule has 0 heteroatoms. The summed E-state index contributed by atoms with van der Waals surface area (Å²) in [5.74, 6) is 0. The van der Waals surface area contributed by atoms with Gasteiger partial charge in [-0.3, -0.25) is 0 Å². The number of fused-ring (bicyclic) bond motifs is 4. The van der Waals surface area contributed by atoms with Gasteiger partial charge in [-0.2, -0.15) is 0 Å². The average Bonchev–Trinajstić information content (AvgIpc) is 3.41. The number of hydrogen-bond acceptors (Lipinski definition) is 0. The van der Waals surface area contributed by atoms with Crippen molar-refractivity contribution < 1.29 is 0 Å². The quantitative estimate of drug-likeness (QED) is 0.146. The molecule has 0 aliphatic rings.